The molecule has 1 heterocycles. The minimum atomic E-state index is 0.641. The summed E-state index contributed by atoms with van der Waals surface area (Å²) in [6.07, 6.45) is 11.7. The van der Waals surface area contributed by atoms with Crippen molar-refractivity contribution in [1.82, 2.24) is 10.2 Å². The lowest BCUT2D eigenvalue weighted by molar-refractivity contribution is 0.107. The van der Waals surface area contributed by atoms with Crippen molar-refractivity contribution in [3.8, 4) is 0 Å². The second kappa shape index (κ2) is 6.91. The Kier molecular flexibility index (Phi) is 5.50. The zero-order valence-electron chi connectivity index (χ0n) is 12.5. The highest BCUT2D eigenvalue weighted by atomic mass is 15.1. The van der Waals surface area contributed by atoms with E-state index in [1.807, 2.05) is 0 Å². The number of nitrogens with zero attached hydrogens (tertiary/aromatic N) is 1. The minimum absolute atomic E-state index is 0.641. The Balaban J connectivity index is 1.54. The molecular weight excluding hydrogens is 220 g/mol. The largest absolute Gasteiger partial charge is 0.315 e. The standard InChI is InChI=1S/C16H32N2/c1-15(2)17-11-5-6-12-18-13-9-16(10-14-18)7-3-4-8-16/h15,17H,3-14H2,1-2H3. The predicted octanol–water partition coefficient (Wildman–Crippen LogP) is 3.42. The summed E-state index contributed by atoms with van der Waals surface area (Å²) < 4.78 is 0. The van der Waals surface area contributed by atoms with Gasteiger partial charge in [0, 0.05) is 6.04 Å². The normalized spacial score (nSPS) is 24.2. The van der Waals surface area contributed by atoms with E-state index in [9.17, 15) is 0 Å². The van der Waals surface area contributed by atoms with Crippen LogP contribution in [0.1, 0.15) is 65.2 Å². The highest BCUT2D eigenvalue weighted by Gasteiger charge is 2.36. The molecule has 0 amide bonds. The summed E-state index contributed by atoms with van der Waals surface area (Å²) in [5, 5.41) is 3.50. The molecule has 2 heteroatoms. The molecule has 0 unspecified atom stereocenters. The summed E-state index contributed by atoms with van der Waals surface area (Å²) in [6.45, 7) is 9.72. The SMILES string of the molecule is CC(C)NCCCCN1CCC2(CCCC2)CC1. The van der Waals surface area contributed by atoms with Crippen LogP contribution in [0.25, 0.3) is 0 Å². The Morgan fingerprint density at radius 2 is 1.67 bits per heavy atom. The van der Waals surface area contributed by atoms with Crippen molar-refractivity contribution in [1.29, 1.82) is 0 Å². The fourth-order valence-electron chi connectivity index (χ4n) is 3.73. The lowest BCUT2D eigenvalue weighted by atomic mass is 9.77. The van der Waals surface area contributed by atoms with Gasteiger partial charge in [-0.2, -0.15) is 0 Å². The number of piperidine rings is 1. The molecule has 0 aromatic rings. The molecule has 2 fully saturated rings. The molecule has 0 radical (unpaired) electrons. The molecule has 18 heavy (non-hydrogen) atoms. The van der Waals surface area contributed by atoms with Crippen molar-refractivity contribution in [3.63, 3.8) is 0 Å². The fraction of sp³-hybridized carbons (Fsp3) is 1.00. The van der Waals surface area contributed by atoms with Gasteiger partial charge < -0.3 is 10.2 Å². The third kappa shape index (κ3) is 4.24. The van der Waals surface area contributed by atoms with E-state index in [-0.39, 0.29) is 0 Å². The van der Waals surface area contributed by atoms with Crippen LogP contribution in [0.4, 0.5) is 0 Å². The third-order valence-corrected chi connectivity index (χ3v) is 5.03. The van der Waals surface area contributed by atoms with E-state index >= 15 is 0 Å². The topological polar surface area (TPSA) is 15.3 Å². The Labute approximate surface area is 114 Å². The van der Waals surface area contributed by atoms with Gasteiger partial charge in [-0.15, -0.1) is 0 Å². The molecule has 0 aromatic heterocycles. The van der Waals surface area contributed by atoms with E-state index in [0.717, 1.165) is 5.41 Å². The molecule has 0 aromatic carbocycles. The first-order valence-corrected chi connectivity index (χ1v) is 8.16. The number of unbranched alkanes of at least 4 members (excludes halogenated alkanes) is 1. The summed E-state index contributed by atoms with van der Waals surface area (Å²) in [5.41, 5.74) is 0.787. The maximum atomic E-state index is 3.50. The summed E-state index contributed by atoms with van der Waals surface area (Å²) in [7, 11) is 0. The van der Waals surface area contributed by atoms with Gasteiger partial charge in [-0.3, -0.25) is 0 Å². The van der Waals surface area contributed by atoms with Crippen molar-refractivity contribution >= 4 is 0 Å². The van der Waals surface area contributed by atoms with E-state index in [4.69, 9.17) is 0 Å². The summed E-state index contributed by atoms with van der Waals surface area (Å²) in [4.78, 5) is 2.71. The van der Waals surface area contributed by atoms with Crippen LogP contribution in [0.15, 0.2) is 0 Å². The first kappa shape index (κ1) is 14.3. The summed E-state index contributed by atoms with van der Waals surface area (Å²) in [6, 6.07) is 0.641. The number of likely N-dealkylation sites (tertiary alicyclic amines) is 1. The molecule has 2 rings (SSSR count). The summed E-state index contributed by atoms with van der Waals surface area (Å²) >= 11 is 0. The van der Waals surface area contributed by atoms with Gasteiger partial charge >= 0.3 is 0 Å². The van der Waals surface area contributed by atoms with Crippen molar-refractivity contribution < 1.29 is 0 Å². The van der Waals surface area contributed by atoms with E-state index in [0.29, 0.717) is 6.04 Å². The average Bonchev–Trinajstić information content (AvgIpc) is 2.80. The van der Waals surface area contributed by atoms with Gasteiger partial charge in [0.25, 0.3) is 0 Å². The van der Waals surface area contributed by atoms with E-state index < -0.39 is 0 Å². The van der Waals surface area contributed by atoms with E-state index in [2.05, 4.69) is 24.1 Å². The fourth-order valence-corrected chi connectivity index (χ4v) is 3.73. The minimum Gasteiger partial charge on any atom is -0.315 e. The zero-order chi connectivity index (χ0) is 12.8. The molecule has 1 aliphatic carbocycles. The van der Waals surface area contributed by atoms with Gasteiger partial charge in [-0.1, -0.05) is 26.7 Å². The van der Waals surface area contributed by atoms with Crippen molar-refractivity contribution in [3.05, 3.63) is 0 Å². The maximum Gasteiger partial charge on any atom is 0.00103 e. The van der Waals surface area contributed by atoms with Crippen LogP contribution in [-0.4, -0.2) is 37.1 Å². The Morgan fingerprint density at radius 1 is 1.00 bits per heavy atom. The smallest absolute Gasteiger partial charge is 0.00103 e. The van der Waals surface area contributed by atoms with Crippen LogP contribution >= 0.6 is 0 Å². The van der Waals surface area contributed by atoms with Gasteiger partial charge in [-0.25, -0.2) is 0 Å². The summed E-state index contributed by atoms with van der Waals surface area (Å²) in [5.74, 6) is 0. The van der Waals surface area contributed by atoms with Gasteiger partial charge in [0.15, 0.2) is 0 Å². The van der Waals surface area contributed by atoms with Gasteiger partial charge in [-0.05, 0) is 70.1 Å². The number of rotatable bonds is 6. The molecule has 2 aliphatic rings. The molecule has 0 bridgehead atoms. The highest BCUT2D eigenvalue weighted by molar-refractivity contribution is 4.89. The molecule has 1 spiro atoms. The van der Waals surface area contributed by atoms with Crippen LogP contribution < -0.4 is 5.32 Å². The lowest BCUT2D eigenvalue weighted by Crippen LogP contribution is -2.39. The maximum absolute atomic E-state index is 3.50. The van der Waals surface area contributed by atoms with Crippen molar-refractivity contribution in [2.45, 2.75) is 71.3 Å². The van der Waals surface area contributed by atoms with Crippen LogP contribution in [0.2, 0.25) is 0 Å². The van der Waals surface area contributed by atoms with E-state index in [1.54, 1.807) is 0 Å². The number of hydrogen-bond acceptors (Lipinski definition) is 2. The van der Waals surface area contributed by atoms with Gasteiger partial charge in [0.05, 0.1) is 0 Å². The number of hydrogen-bond donors (Lipinski definition) is 1. The van der Waals surface area contributed by atoms with Crippen LogP contribution in [-0.2, 0) is 0 Å². The third-order valence-electron chi connectivity index (χ3n) is 5.03. The highest BCUT2D eigenvalue weighted by Crippen LogP contribution is 2.45. The average molecular weight is 252 g/mol. The quantitative estimate of drug-likeness (QED) is 0.729. The van der Waals surface area contributed by atoms with Gasteiger partial charge in [0.2, 0.25) is 0 Å². The monoisotopic (exact) mass is 252 g/mol. The van der Waals surface area contributed by atoms with Crippen molar-refractivity contribution in [2.75, 3.05) is 26.2 Å². The molecule has 1 saturated carbocycles. The van der Waals surface area contributed by atoms with Crippen LogP contribution in [0.3, 0.4) is 0 Å². The second-order valence-corrected chi connectivity index (χ2v) is 6.86. The Hall–Kier alpha value is -0.0800. The molecule has 0 atom stereocenters. The molecule has 106 valence electrons. The molecule has 1 aliphatic heterocycles. The first-order chi connectivity index (χ1) is 8.70. The lowest BCUT2D eigenvalue weighted by Gasteiger charge is -2.39. The first-order valence-electron chi connectivity index (χ1n) is 8.16. The number of nitrogens with one attached hydrogen (secondary N) is 1. The second-order valence-electron chi connectivity index (χ2n) is 6.86. The van der Waals surface area contributed by atoms with Crippen molar-refractivity contribution in [2.24, 2.45) is 5.41 Å². The molecule has 2 nitrogen and oxygen atoms in total. The van der Waals surface area contributed by atoms with Gasteiger partial charge in [0.1, 0.15) is 0 Å². The molecule has 1 saturated heterocycles. The van der Waals surface area contributed by atoms with Crippen LogP contribution in [0.5, 0.6) is 0 Å². The molecule has 1 N–H and O–H groups in total. The predicted molar refractivity (Wildman–Crippen MR) is 78.9 cm³/mol. The Morgan fingerprint density at radius 3 is 2.28 bits per heavy atom. The van der Waals surface area contributed by atoms with E-state index in [1.165, 1.54) is 77.5 Å². The Bertz CT molecular complexity index is 221. The molecular formula is C16H32N2. The van der Waals surface area contributed by atoms with Crippen LogP contribution in [0, 0.1) is 5.41 Å². The zero-order valence-corrected chi connectivity index (χ0v) is 12.5.